The van der Waals surface area contributed by atoms with Gasteiger partial charge >= 0.3 is 5.97 Å². The summed E-state index contributed by atoms with van der Waals surface area (Å²) < 4.78 is 10.6. The molecule has 0 bridgehead atoms. The molecular weight excluding hydrogens is 348 g/mol. The molecule has 28 heavy (non-hydrogen) atoms. The van der Waals surface area contributed by atoms with Gasteiger partial charge in [-0.05, 0) is 79.5 Å². The van der Waals surface area contributed by atoms with Gasteiger partial charge in [-0.15, -0.1) is 0 Å². The van der Waals surface area contributed by atoms with E-state index in [4.69, 9.17) is 9.47 Å². The van der Waals surface area contributed by atoms with Crippen LogP contribution in [0.15, 0.2) is 47.8 Å². The zero-order valence-electron chi connectivity index (χ0n) is 16.6. The van der Waals surface area contributed by atoms with E-state index in [1.54, 1.807) is 14.0 Å². The number of carbonyl (C=O) groups excluding carboxylic acids is 1. The molecule has 0 spiro atoms. The van der Waals surface area contributed by atoms with Crippen LogP contribution in [-0.2, 0) is 27.1 Å². The smallest absolute Gasteiger partial charge is 0.338 e. The van der Waals surface area contributed by atoms with Gasteiger partial charge in [0.1, 0.15) is 5.76 Å². The van der Waals surface area contributed by atoms with E-state index < -0.39 is 0 Å². The van der Waals surface area contributed by atoms with Gasteiger partial charge in [-0.25, -0.2) is 4.79 Å². The van der Waals surface area contributed by atoms with Gasteiger partial charge in [-0.3, -0.25) is 0 Å². The maximum absolute atomic E-state index is 11.9. The summed E-state index contributed by atoms with van der Waals surface area (Å²) in [6.07, 6.45) is 9.13. The zero-order valence-corrected chi connectivity index (χ0v) is 16.6. The van der Waals surface area contributed by atoms with E-state index in [1.165, 1.54) is 22.3 Å². The van der Waals surface area contributed by atoms with Gasteiger partial charge in [0.25, 0.3) is 0 Å². The maximum Gasteiger partial charge on any atom is 0.338 e. The number of allylic oxidation sites excluding steroid dienone is 3. The van der Waals surface area contributed by atoms with Crippen LogP contribution in [0.25, 0.3) is 0 Å². The summed E-state index contributed by atoms with van der Waals surface area (Å²) in [5, 5.41) is 0. The minimum Gasteiger partial charge on any atom is -0.424 e. The lowest BCUT2D eigenvalue weighted by Crippen LogP contribution is -2.29. The highest BCUT2D eigenvalue weighted by Gasteiger charge is 2.38. The average molecular weight is 374 g/mol. The van der Waals surface area contributed by atoms with E-state index in [0.717, 1.165) is 37.7 Å². The number of ether oxygens (including phenoxy) is 2. The van der Waals surface area contributed by atoms with Crippen LogP contribution in [0.4, 0.5) is 0 Å². The summed E-state index contributed by atoms with van der Waals surface area (Å²) in [6, 6.07) is 4.55. The number of methoxy groups -OCH3 is 1. The van der Waals surface area contributed by atoms with Crippen LogP contribution >= 0.6 is 0 Å². The second-order valence-corrected chi connectivity index (χ2v) is 7.89. The number of hydrogen-bond acceptors (Lipinski definition) is 3. The Labute approximate surface area is 167 Å². The van der Waals surface area contributed by atoms with Crippen molar-refractivity contribution in [3.63, 3.8) is 0 Å². The third-order valence-corrected chi connectivity index (χ3v) is 5.85. The standard InChI is InChI=1S/C25H26O3/c1-16(2)25(26)28-22-14-20-9-7-18-12-17(6-4-5-11-27-3)13-19-8-10-21(15-22)24(20)23(18)19/h12-15,20,24H,1,5,7-11H2,2-3H3. The van der Waals surface area contributed by atoms with Crippen molar-refractivity contribution in [3.05, 3.63) is 70.0 Å². The highest BCUT2D eigenvalue weighted by Crippen LogP contribution is 2.50. The first-order chi connectivity index (χ1) is 13.6. The highest BCUT2D eigenvalue weighted by atomic mass is 16.5. The number of rotatable bonds is 4. The molecule has 3 aliphatic rings. The van der Waals surface area contributed by atoms with Gasteiger partial charge in [0.15, 0.2) is 0 Å². The Morgan fingerprint density at radius 1 is 1.25 bits per heavy atom. The molecule has 0 heterocycles. The molecular formula is C25H26O3. The van der Waals surface area contributed by atoms with Gasteiger partial charge in [0.05, 0.1) is 6.61 Å². The first-order valence-electron chi connectivity index (χ1n) is 10.0. The minimum absolute atomic E-state index is 0.342. The number of aryl methyl sites for hydroxylation is 2. The molecule has 0 saturated heterocycles. The lowest BCUT2D eigenvalue weighted by atomic mass is 9.64. The molecule has 0 aromatic heterocycles. The zero-order chi connectivity index (χ0) is 19.7. The summed E-state index contributed by atoms with van der Waals surface area (Å²) in [7, 11) is 1.70. The monoisotopic (exact) mass is 374 g/mol. The lowest BCUT2D eigenvalue weighted by Gasteiger charge is -2.41. The van der Waals surface area contributed by atoms with Gasteiger partial charge in [-0.1, -0.05) is 24.0 Å². The van der Waals surface area contributed by atoms with Crippen LogP contribution < -0.4 is 0 Å². The number of benzene rings is 1. The Morgan fingerprint density at radius 3 is 2.79 bits per heavy atom. The molecule has 0 fully saturated rings. The van der Waals surface area contributed by atoms with E-state index in [0.29, 0.717) is 29.8 Å². The topological polar surface area (TPSA) is 35.5 Å². The average Bonchev–Trinajstić information content (AvgIpc) is 2.69. The molecule has 0 aliphatic heterocycles. The van der Waals surface area contributed by atoms with Crippen molar-refractivity contribution in [2.24, 2.45) is 5.92 Å². The summed E-state index contributed by atoms with van der Waals surface area (Å²) in [5.74, 6) is 7.70. The fourth-order valence-electron chi connectivity index (χ4n) is 4.62. The summed E-state index contributed by atoms with van der Waals surface area (Å²) in [5.41, 5.74) is 7.33. The third-order valence-electron chi connectivity index (χ3n) is 5.85. The predicted octanol–water partition coefficient (Wildman–Crippen LogP) is 4.61. The van der Waals surface area contributed by atoms with Crippen molar-refractivity contribution in [2.75, 3.05) is 13.7 Å². The summed E-state index contributed by atoms with van der Waals surface area (Å²) in [6.45, 7) is 6.04. The van der Waals surface area contributed by atoms with Gasteiger partial charge in [0.2, 0.25) is 0 Å². The second kappa shape index (κ2) is 7.81. The van der Waals surface area contributed by atoms with Crippen molar-refractivity contribution in [1.82, 2.24) is 0 Å². The number of esters is 1. The molecule has 0 saturated carbocycles. The molecule has 3 nitrogen and oxygen atoms in total. The van der Waals surface area contributed by atoms with Crippen LogP contribution in [-0.4, -0.2) is 19.7 Å². The Kier molecular flexibility index (Phi) is 5.24. The molecule has 3 aliphatic carbocycles. The molecule has 2 atom stereocenters. The highest BCUT2D eigenvalue weighted by molar-refractivity contribution is 5.88. The second-order valence-electron chi connectivity index (χ2n) is 7.89. The van der Waals surface area contributed by atoms with Gasteiger partial charge in [-0.2, -0.15) is 0 Å². The Morgan fingerprint density at radius 2 is 2.04 bits per heavy atom. The van der Waals surface area contributed by atoms with Crippen molar-refractivity contribution >= 4 is 5.97 Å². The minimum atomic E-state index is -0.342. The van der Waals surface area contributed by atoms with Crippen LogP contribution in [0.3, 0.4) is 0 Å². The quantitative estimate of drug-likeness (QED) is 0.334. The molecule has 0 amide bonds. The first kappa shape index (κ1) is 18.8. The van der Waals surface area contributed by atoms with Crippen molar-refractivity contribution in [3.8, 4) is 11.8 Å². The van der Waals surface area contributed by atoms with Crippen LogP contribution in [0.2, 0.25) is 0 Å². The Balaban J connectivity index is 1.63. The van der Waals surface area contributed by atoms with Crippen LogP contribution in [0, 0.1) is 17.8 Å². The van der Waals surface area contributed by atoms with Crippen molar-refractivity contribution in [2.45, 2.75) is 44.9 Å². The molecule has 0 radical (unpaired) electrons. The number of hydrogen-bond donors (Lipinski definition) is 0. The van der Waals surface area contributed by atoms with Crippen LogP contribution in [0.5, 0.6) is 0 Å². The molecule has 2 unspecified atom stereocenters. The van der Waals surface area contributed by atoms with Gasteiger partial charge in [0, 0.05) is 30.6 Å². The van der Waals surface area contributed by atoms with E-state index in [1.807, 2.05) is 0 Å². The van der Waals surface area contributed by atoms with E-state index in [2.05, 4.69) is 42.7 Å². The largest absolute Gasteiger partial charge is 0.424 e. The molecule has 0 N–H and O–H groups in total. The molecule has 1 aromatic rings. The van der Waals surface area contributed by atoms with E-state index in [9.17, 15) is 4.79 Å². The third kappa shape index (κ3) is 3.57. The normalized spacial score (nSPS) is 21.5. The molecule has 1 aromatic carbocycles. The Hall–Kier alpha value is -2.57. The molecule has 3 heteroatoms. The van der Waals surface area contributed by atoms with E-state index >= 15 is 0 Å². The summed E-state index contributed by atoms with van der Waals surface area (Å²) in [4.78, 5) is 11.9. The van der Waals surface area contributed by atoms with Crippen LogP contribution in [0.1, 0.15) is 54.4 Å². The Bertz CT molecular complexity index is 935. The maximum atomic E-state index is 11.9. The first-order valence-corrected chi connectivity index (χ1v) is 10.0. The molecule has 4 rings (SSSR count). The fraction of sp³-hybridized carbons (Fsp3) is 0.400. The lowest BCUT2D eigenvalue weighted by molar-refractivity contribution is -0.134. The van der Waals surface area contributed by atoms with Crippen molar-refractivity contribution in [1.29, 1.82) is 0 Å². The fourth-order valence-corrected chi connectivity index (χ4v) is 4.62. The molecule has 144 valence electrons. The van der Waals surface area contributed by atoms with Gasteiger partial charge < -0.3 is 9.47 Å². The predicted molar refractivity (Wildman–Crippen MR) is 110 cm³/mol. The van der Waals surface area contributed by atoms with Crippen molar-refractivity contribution < 1.29 is 14.3 Å². The number of carbonyl (C=O) groups is 1. The van der Waals surface area contributed by atoms with E-state index in [-0.39, 0.29) is 5.97 Å². The summed E-state index contributed by atoms with van der Waals surface area (Å²) >= 11 is 0. The SMILES string of the molecule is C=C(C)C(=O)OC1=CC2CCc3cc(C#CCCOC)cc4c3C2C(=C1)CC4.